The molecule has 0 aliphatic carbocycles. The summed E-state index contributed by atoms with van der Waals surface area (Å²) in [6, 6.07) is 35.5. The molecule has 0 heterocycles. The Morgan fingerprint density at radius 3 is 0.686 bits per heavy atom. The van der Waals surface area contributed by atoms with E-state index in [0.717, 1.165) is 0 Å². The number of hydrogen-bond donors (Lipinski definition) is 0. The third-order valence-electron chi connectivity index (χ3n) is 5.03. The standard InChI is InChI=1S/2C15H12O2.Pt/c2*16-14(12-7-3-1-4-8-12)11-15(17)13-9-5-2-6-10-13;/h2*1-10H,11H2;/q;;+2. The molecule has 176 valence electrons. The zero-order valence-electron chi connectivity index (χ0n) is 18.9. The molecule has 0 saturated heterocycles. The molecule has 0 aliphatic rings. The third kappa shape index (κ3) is 8.84. The SMILES string of the molecule is O=C(CC(=O)c1ccccc1)c1ccccc1.O=C(CC(=O)c1ccccc1)c1ccccc1.[Pt+2]. The summed E-state index contributed by atoms with van der Waals surface area (Å²) in [4.78, 5) is 47.2. The van der Waals surface area contributed by atoms with E-state index in [-0.39, 0.29) is 57.0 Å². The summed E-state index contributed by atoms with van der Waals surface area (Å²) in [6.45, 7) is 0. The molecule has 0 aromatic heterocycles. The van der Waals surface area contributed by atoms with Gasteiger partial charge in [-0.3, -0.25) is 19.2 Å². The molecule has 0 radical (unpaired) electrons. The molecule has 35 heavy (non-hydrogen) atoms. The quantitative estimate of drug-likeness (QED) is 0.168. The van der Waals surface area contributed by atoms with Crippen LogP contribution in [0.3, 0.4) is 0 Å². The number of Topliss-reactive ketones (excluding diaryl/α,β-unsaturated/α-hetero) is 4. The van der Waals surface area contributed by atoms with Gasteiger partial charge in [0.15, 0.2) is 23.1 Å². The number of carbonyl (C=O) groups is 4. The number of ketones is 4. The fourth-order valence-electron chi connectivity index (χ4n) is 3.20. The van der Waals surface area contributed by atoms with Crippen LogP contribution in [0.1, 0.15) is 54.3 Å². The van der Waals surface area contributed by atoms with E-state index in [0.29, 0.717) is 22.3 Å². The summed E-state index contributed by atoms with van der Waals surface area (Å²) >= 11 is 0. The van der Waals surface area contributed by atoms with Gasteiger partial charge in [-0.15, -0.1) is 0 Å². The predicted molar refractivity (Wildman–Crippen MR) is 132 cm³/mol. The van der Waals surface area contributed by atoms with Crippen molar-refractivity contribution < 1.29 is 40.2 Å². The van der Waals surface area contributed by atoms with Gasteiger partial charge in [0, 0.05) is 22.3 Å². The topological polar surface area (TPSA) is 68.3 Å². The second-order valence-electron chi connectivity index (χ2n) is 7.51. The van der Waals surface area contributed by atoms with E-state index < -0.39 is 0 Å². The summed E-state index contributed by atoms with van der Waals surface area (Å²) in [5.41, 5.74) is 2.32. The van der Waals surface area contributed by atoms with Gasteiger partial charge in [0.2, 0.25) is 0 Å². The van der Waals surface area contributed by atoms with Crippen molar-refractivity contribution >= 4 is 23.1 Å². The normalized spacial score (nSPS) is 9.60. The summed E-state index contributed by atoms with van der Waals surface area (Å²) in [7, 11) is 0. The van der Waals surface area contributed by atoms with Crippen LogP contribution >= 0.6 is 0 Å². The Labute approximate surface area is 219 Å². The summed E-state index contributed by atoms with van der Waals surface area (Å²) in [5, 5.41) is 0. The fourth-order valence-corrected chi connectivity index (χ4v) is 3.20. The third-order valence-corrected chi connectivity index (χ3v) is 5.03. The van der Waals surface area contributed by atoms with Crippen molar-refractivity contribution in [1.29, 1.82) is 0 Å². The fraction of sp³-hybridized carbons (Fsp3) is 0.0667. The molecule has 0 saturated carbocycles. The van der Waals surface area contributed by atoms with Crippen molar-refractivity contribution in [3.8, 4) is 0 Å². The molecule has 4 rings (SSSR count). The number of carbonyl (C=O) groups excluding carboxylic acids is 4. The van der Waals surface area contributed by atoms with Crippen molar-refractivity contribution in [2.45, 2.75) is 12.8 Å². The molecule has 0 bridgehead atoms. The summed E-state index contributed by atoms with van der Waals surface area (Å²) < 4.78 is 0. The van der Waals surface area contributed by atoms with Gasteiger partial charge in [0.1, 0.15) is 0 Å². The smallest absolute Gasteiger partial charge is 0.294 e. The minimum Gasteiger partial charge on any atom is -0.294 e. The zero-order chi connectivity index (χ0) is 24.2. The average Bonchev–Trinajstić information content (AvgIpc) is 2.91. The second-order valence-corrected chi connectivity index (χ2v) is 7.51. The van der Waals surface area contributed by atoms with E-state index in [1.165, 1.54) is 0 Å². The zero-order valence-corrected chi connectivity index (χ0v) is 21.2. The first-order valence-corrected chi connectivity index (χ1v) is 10.9. The Morgan fingerprint density at radius 1 is 0.343 bits per heavy atom. The first kappa shape index (κ1) is 27.5. The van der Waals surface area contributed by atoms with Gasteiger partial charge < -0.3 is 0 Å². The molecule has 4 nitrogen and oxygen atoms in total. The molecule has 0 aliphatic heterocycles. The van der Waals surface area contributed by atoms with Crippen LogP contribution in [0.15, 0.2) is 121 Å². The van der Waals surface area contributed by atoms with E-state index in [1.807, 2.05) is 24.3 Å². The van der Waals surface area contributed by atoms with E-state index in [4.69, 9.17) is 0 Å². The molecule has 0 spiro atoms. The number of hydrogen-bond acceptors (Lipinski definition) is 4. The molecular formula is C30H24O4Pt+2. The molecule has 5 heteroatoms. The van der Waals surface area contributed by atoms with Crippen molar-refractivity contribution in [3.05, 3.63) is 144 Å². The van der Waals surface area contributed by atoms with Crippen LogP contribution < -0.4 is 0 Å². The van der Waals surface area contributed by atoms with Crippen molar-refractivity contribution in [1.82, 2.24) is 0 Å². The molecular weight excluding hydrogens is 619 g/mol. The van der Waals surface area contributed by atoms with Crippen LogP contribution in [-0.4, -0.2) is 23.1 Å². The van der Waals surface area contributed by atoms with Crippen molar-refractivity contribution in [3.63, 3.8) is 0 Å². The van der Waals surface area contributed by atoms with E-state index in [2.05, 4.69) is 0 Å². The molecule has 0 fully saturated rings. The van der Waals surface area contributed by atoms with Crippen LogP contribution in [0.2, 0.25) is 0 Å². The monoisotopic (exact) mass is 643 g/mol. The minimum atomic E-state index is -0.139. The molecule has 0 atom stereocenters. The summed E-state index contributed by atoms with van der Waals surface area (Å²) in [5.74, 6) is -0.558. The maximum absolute atomic E-state index is 11.8. The van der Waals surface area contributed by atoms with Gasteiger partial charge in [0.25, 0.3) is 0 Å². The maximum Gasteiger partial charge on any atom is 2.00 e. The van der Waals surface area contributed by atoms with Gasteiger partial charge in [-0.25, -0.2) is 0 Å². The second kappa shape index (κ2) is 14.5. The molecule has 0 amide bonds. The largest absolute Gasteiger partial charge is 2.00 e. The Kier molecular flexibility index (Phi) is 11.4. The van der Waals surface area contributed by atoms with Crippen LogP contribution in [-0.2, 0) is 21.1 Å². The number of rotatable bonds is 8. The van der Waals surface area contributed by atoms with Crippen LogP contribution in [0.25, 0.3) is 0 Å². The Balaban J connectivity index is 0.000000240. The molecule has 0 N–H and O–H groups in total. The first-order chi connectivity index (χ1) is 16.5. The van der Waals surface area contributed by atoms with E-state index >= 15 is 0 Å². The summed E-state index contributed by atoms with van der Waals surface area (Å²) in [6.07, 6.45) is -0.151. The Morgan fingerprint density at radius 2 is 0.514 bits per heavy atom. The van der Waals surface area contributed by atoms with Crippen molar-refractivity contribution in [2.24, 2.45) is 0 Å². The van der Waals surface area contributed by atoms with Crippen LogP contribution in [0.5, 0.6) is 0 Å². The Hall–Kier alpha value is -3.75. The van der Waals surface area contributed by atoms with Crippen LogP contribution in [0.4, 0.5) is 0 Å². The van der Waals surface area contributed by atoms with E-state index in [9.17, 15) is 19.2 Å². The number of benzene rings is 4. The molecule has 0 unspecified atom stereocenters. The average molecular weight is 644 g/mol. The van der Waals surface area contributed by atoms with Gasteiger partial charge in [-0.05, 0) is 0 Å². The van der Waals surface area contributed by atoms with Crippen molar-refractivity contribution in [2.75, 3.05) is 0 Å². The molecule has 4 aromatic carbocycles. The predicted octanol–water partition coefficient (Wildman–Crippen LogP) is 6.28. The van der Waals surface area contributed by atoms with Gasteiger partial charge >= 0.3 is 21.1 Å². The van der Waals surface area contributed by atoms with Gasteiger partial charge in [0.05, 0.1) is 12.8 Å². The first-order valence-electron chi connectivity index (χ1n) is 10.9. The van der Waals surface area contributed by atoms with E-state index in [1.54, 1.807) is 97.1 Å². The van der Waals surface area contributed by atoms with Crippen LogP contribution in [0, 0.1) is 0 Å². The maximum atomic E-state index is 11.8. The van der Waals surface area contributed by atoms with Gasteiger partial charge in [-0.2, -0.15) is 0 Å². The minimum absolute atomic E-state index is 0. The van der Waals surface area contributed by atoms with Gasteiger partial charge in [-0.1, -0.05) is 121 Å². The molecule has 4 aromatic rings. The Bertz CT molecular complexity index is 1040.